The standard InChI is InChI=1S/C17H18N2O/c1-11-3-5-15-13(7-11)9-18-10-19(15)17(20)14-8-12(2)4-6-16(14)18/h3-8,17,20H,9-10H2,1-2H3/t17-/m1/s1. The van der Waals surface area contributed by atoms with Crippen molar-refractivity contribution in [3.05, 3.63) is 58.7 Å². The summed E-state index contributed by atoms with van der Waals surface area (Å²) in [5.74, 6) is 0. The van der Waals surface area contributed by atoms with Crippen molar-refractivity contribution >= 4 is 11.4 Å². The summed E-state index contributed by atoms with van der Waals surface area (Å²) < 4.78 is 0. The Balaban J connectivity index is 1.89. The fraction of sp³-hybridized carbons (Fsp3) is 0.294. The van der Waals surface area contributed by atoms with Gasteiger partial charge in [-0.3, -0.25) is 0 Å². The number of nitrogens with zero attached hydrogens (tertiary/aromatic N) is 2. The third-order valence-corrected chi connectivity index (χ3v) is 4.33. The van der Waals surface area contributed by atoms with Crippen LogP contribution in [0.5, 0.6) is 0 Å². The molecule has 2 heterocycles. The summed E-state index contributed by atoms with van der Waals surface area (Å²) in [5.41, 5.74) is 7.08. The Morgan fingerprint density at radius 2 is 1.70 bits per heavy atom. The van der Waals surface area contributed by atoms with Crippen molar-refractivity contribution in [3.63, 3.8) is 0 Å². The number of anilines is 2. The predicted octanol–water partition coefficient (Wildman–Crippen LogP) is 3.09. The molecule has 4 rings (SSSR count). The van der Waals surface area contributed by atoms with E-state index in [-0.39, 0.29) is 0 Å². The average molecular weight is 266 g/mol. The highest BCUT2D eigenvalue weighted by Crippen LogP contribution is 2.43. The number of aliphatic hydroxyl groups excluding tert-OH is 1. The third kappa shape index (κ3) is 1.56. The van der Waals surface area contributed by atoms with Gasteiger partial charge in [0.25, 0.3) is 0 Å². The van der Waals surface area contributed by atoms with E-state index in [0.29, 0.717) is 0 Å². The van der Waals surface area contributed by atoms with Gasteiger partial charge in [0, 0.05) is 23.5 Å². The minimum absolute atomic E-state index is 0.553. The second-order valence-electron chi connectivity index (χ2n) is 5.88. The van der Waals surface area contributed by atoms with Gasteiger partial charge >= 0.3 is 0 Å². The quantitative estimate of drug-likeness (QED) is 0.793. The van der Waals surface area contributed by atoms with Crippen LogP contribution in [0.2, 0.25) is 0 Å². The minimum atomic E-state index is -0.553. The Kier molecular flexibility index (Phi) is 2.36. The van der Waals surface area contributed by atoms with E-state index in [4.69, 9.17) is 0 Å². The number of hydrogen-bond donors (Lipinski definition) is 1. The van der Waals surface area contributed by atoms with E-state index >= 15 is 0 Å². The van der Waals surface area contributed by atoms with Gasteiger partial charge in [-0.15, -0.1) is 0 Å². The predicted molar refractivity (Wildman–Crippen MR) is 80.8 cm³/mol. The summed E-state index contributed by atoms with van der Waals surface area (Å²) in [4.78, 5) is 4.42. The van der Waals surface area contributed by atoms with Gasteiger partial charge < -0.3 is 14.9 Å². The summed E-state index contributed by atoms with van der Waals surface area (Å²) in [6, 6.07) is 12.8. The van der Waals surface area contributed by atoms with Crippen molar-refractivity contribution in [2.45, 2.75) is 26.6 Å². The maximum atomic E-state index is 10.7. The molecule has 0 aromatic heterocycles. The molecule has 0 saturated carbocycles. The van der Waals surface area contributed by atoms with Crippen LogP contribution in [0.25, 0.3) is 0 Å². The lowest BCUT2D eigenvalue weighted by atomic mass is 9.98. The van der Waals surface area contributed by atoms with E-state index in [2.05, 4.69) is 60.0 Å². The first-order valence-corrected chi connectivity index (χ1v) is 7.03. The van der Waals surface area contributed by atoms with Crippen LogP contribution in [0, 0.1) is 13.8 Å². The number of aliphatic hydroxyl groups is 1. The van der Waals surface area contributed by atoms with Crippen LogP contribution in [0.1, 0.15) is 28.5 Å². The van der Waals surface area contributed by atoms with E-state index in [9.17, 15) is 5.11 Å². The van der Waals surface area contributed by atoms with Gasteiger partial charge in [0.2, 0.25) is 0 Å². The topological polar surface area (TPSA) is 26.7 Å². The van der Waals surface area contributed by atoms with Crippen molar-refractivity contribution in [3.8, 4) is 0 Å². The van der Waals surface area contributed by atoms with Crippen LogP contribution in [-0.2, 0) is 6.54 Å². The van der Waals surface area contributed by atoms with Crippen LogP contribution >= 0.6 is 0 Å². The number of fused-ring (bicyclic) bond motifs is 6. The molecule has 20 heavy (non-hydrogen) atoms. The van der Waals surface area contributed by atoms with Gasteiger partial charge in [0.05, 0.1) is 6.67 Å². The van der Waals surface area contributed by atoms with Crippen LogP contribution in [0.15, 0.2) is 36.4 Å². The van der Waals surface area contributed by atoms with Crippen molar-refractivity contribution in [1.29, 1.82) is 0 Å². The van der Waals surface area contributed by atoms with Crippen LogP contribution in [-0.4, -0.2) is 11.8 Å². The SMILES string of the molecule is Cc1ccc2c(c1)CN1CN2[C@H](O)c2cc(C)ccc21. The second kappa shape index (κ2) is 4.00. The molecule has 2 aromatic rings. The smallest absolute Gasteiger partial charge is 0.156 e. The lowest BCUT2D eigenvalue weighted by Crippen LogP contribution is -2.48. The molecular formula is C17H18N2O. The zero-order chi connectivity index (χ0) is 13.9. The van der Waals surface area contributed by atoms with Gasteiger partial charge in [0.15, 0.2) is 6.23 Å². The molecule has 1 N–H and O–H groups in total. The van der Waals surface area contributed by atoms with Crippen LogP contribution in [0.4, 0.5) is 11.4 Å². The summed E-state index contributed by atoms with van der Waals surface area (Å²) in [5, 5.41) is 10.7. The zero-order valence-corrected chi connectivity index (χ0v) is 11.8. The van der Waals surface area contributed by atoms with Gasteiger partial charge in [-0.2, -0.15) is 0 Å². The maximum absolute atomic E-state index is 10.7. The molecule has 0 radical (unpaired) electrons. The van der Waals surface area contributed by atoms with E-state index in [1.54, 1.807) is 0 Å². The van der Waals surface area contributed by atoms with Crippen molar-refractivity contribution in [2.75, 3.05) is 16.5 Å². The van der Waals surface area contributed by atoms with E-state index < -0.39 is 6.23 Å². The highest BCUT2D eigenvalue weighted by Gasteiger charge is 2.35. The maximum Gasteiger partial charge on any atom is 0.156 e. The Labute approximate surface area is 119 Å². The van der Waals surface area contributed by atoms with Crippen molar-refractivity contribution in [1.82, 2.24) is 0 Å². The molecule has 102 valence electrons. The lowest BCUT2D eigenvalue weighted by molar-refractivity contribution is 0.163. The molecule has 1 atom stereocenters. The molecule has 0 fully saturated rings. The molecule has 0 unspecified atom stereocenters. The molecule has 0 spiro atoms. The fourth-order valence-electron chi connectivity index (χ4n) is 3.34. The zero-order valence-electron chi connectivity index (χ0n) is 11.8. The fourth-order valence-corrected chi connectivity index (χ4v) is 3.34. The minimum Gasteiger partial charge on any atom is -0.369 e. The summed E-state index contributed by atoms with van der Waals surface area (Å²) in [7, 11) is 0. The average Bonchev–Trinajstić information content (AvgIpc) is 2.44. The van der Waals surface area contributed by atoms with Gasteiger partial charge in [0.1, 0.15) is 0 Å². The Morgan fingerprint density at radius 3 is 2.50 bits per heavy atom. The van der Waals surface area contributed by atoms with E-state index in [1.807, 2.05) is 0 Å². The van der Waals surface area contributed by atoms with Crippen LogP contribution < -0.4 is 9.80 Å². The molecule has 2 aromatic carbocycles. The molecule has 3 heteroatoms. The molecular weight excluding hydrogens is 248 g/mol. The first kappa shape index (κ1) is 11.8. The number of rotatable bonds is 0. The summed E-state index contributed by atoms with van der Waals surface area (Å²) in [6.07, 6.45) is -0.553. The Hall–Kier alpha value is -2.00. The normalized spacial score (nSPS) is 19.6. The van der Waals surface area contributed by atoms with Crippen molar-refractivity contribution in [2.24, 2.45) is 0 Å². The number of aryl methyl sites for hydroxylation is 2. The first-order chi connectivity index (χ1) is 9.63. The lowest BCUT2D eigenvalue weighted by Gasteiger charge is -2.47. The second-order valence-corrected chi connectivity index (χ2v) is 5.88. The molecule has 0 saturated heterocycles. The van der Waals surface area contributed by atoms with Gasteiger partial charge in [-0.05, 0) is 37.6 Å². The molecule has 2 aliphatic heterocycles. The highest BCUT2D eigenvalue weighted by molar-refractivity contribution is 5.69. The van der Waals surface area contributed by atoms with E-state index in [0.717, 1.165) is 30.2 Å². The Morgan fingerprint density at radius 1 is 1.00 bits per heavy atom. The molecule has 0 aliphatic carbocycles. The van der Waals surface area contributed by atoms with Gasteiger partial charge in [-0.1, -0.05) is 29.3 Å². The van der Waals surface area contributed by atoms with Crippen LogP contribution in [0.3, 0.4) is 0 Å². The Bertz CT molecular complexity index is 695. The van der Waals surface area contributed by atoms with Crippen molar-refractivity contribution < 1.29 is 5.11 Å². The summed E-state index contributed by atoms with van der Waals surface area (Å²) >= 11 is 0. The number of benzene rings is 2. The highest BCUT2D eigenvalue weighted by atomic mass is 16.3. The molecule has 2 aliphatic rings. The summed E-state index contributed by atoms with van der Waals surface area (Å²) in [6.45, 7) is 5.85. The number of hydrogen-bond acceptors (Lipinski definition) is 3. The first-order valence-electron chi connectivity index (χ1n) is 7.03. The third-order valence-electron chi connectivity index (χ3n) is 4.33. The van der Waals surface area contributed by atoms with E-state index in [1.165, 1.54) is 16.7 Å². The molecule has 3 nitrogen and oxygen atoms in total. The monoisotopic (exact) mass is 266 g/mol. The van der Waals surface area contributed by atoms with Gasteiger partial charge in [-0.25, -0.2) is 0 Å². The molecule has 2 bridgehead atoms. The molecule has 0 amide bonds. The largest absolute Gasteiger partial charge is 0.369 e.